The molecule has 0 bridgehead atoms. The molecule has 3 N–H and O–H groups in total. The second-order valence-corrected chi connectivity index (χ2v) is 32.4. The Bertz CT molecular complexity index is 1910. The van der Waals surface area contributed by atoms with Gasteiger partial charge < -0.3 is 33.8 Å². The minimum absolute atomic E-state index is 0.104. The number of hydrogen-bond donors (Lipinski definition) is 3. The summed E-state index contributed by atoms with van der Waals surface area (Å²) in [6.07, 6.45) is 61.3. The van der Waals surface area contributed by atoms with Crippen LogP contribution in [-0.4, -0.2) is 96.7 Å². The second-order valence-electron chi connectivity index (χ2n) is 29.5. The van der Waals surface area contributed by atoms with Crippen LogP contribution in [0.2, 0.25) is 0 Å². The fraction of sp³-hybridized carbons (Fsp3) is 0.950. The van der Waals surface area contributed by atoms with Gasteiger partial charge in [-0.25, -0.2) is 9.13 Å². The highest BCUT2D eigenvalue weighted by Gasteiger charge is 2.30. The van der Waals surface area contributed by atoms with Crippen LogP contribution in [0, 0.1) is 11.8 Å². The van der Waals surface area contributed by atoms with E-state index in [-0.39, 0.29) is 25.7 Å². The highest BCUT2D eigenvalue weighted by molar-refractivity contribution is 7.47. The van der Waals surface area contributed by atoms with E-state index in [1.165, 1.54) is 238 Å². The van der Waals surface area contributed by atoms with Crippen molar-refractivity contribution in [1.29, 1.82) is 0 Å². The Morgan fingerprint density at radius 2 is 0.515 bits per heavy atom. The molecular formula is C80H156O17P2. The molecule has 0 fully saturated rings. The van der Waals surface area contributed by atoms with Crippen LogP contribution in [0.4, 0.5) is 0 Å². The average molecular weight is 1450 g/mol. The maximum absolute atomic E-state index is 13.1. The van der Waals surface area contributed by atoms with Crippen LogP contribution in [-0.2, 0) is 65.4 Å². The summed E-state index contributed by atoms with van der Waals surface area (Å²) in [7, 11) is -9.91. The Labute approximate surface area is 607 Å². The first kappa shape index (κ1) is 97.1. The van der Waals surface area contributed by atoms with Gasteiger partial charge in [0.1, 0.15) is 19.3 Å². The van der Waals surface area contributed by atoms with Gasteiger partial charge in [0.05, 0.1) is 26.4 Å². The van der Waals surface area contributed by atoms with Crippen LogP contribution in [0.15, 0.2) is 0 Å². The molecule has 3 unspecified atom stereocenters. The molecule has 99 heavy (non-hydrogen) atoms. The summed E-state index contributed by atoms with van der Waals surface area (Å²) in [6, 6.07) is 0. The lowest BCUT2D eigenvalue weighted by atomic mass is 9.99. The van der Waals surface area contributed by atoms with Gasteiger partial charge in [0.25, 0.3) is 0 Å². The number of ether oxygens (including phenoxy) is 4. The normalized spacial score (nSPS) is 14.2. The molecule has 0 radical (unpaired) electrons. The first-order valence-electron chi connectivity index (χ1n) is 41.5. The van der Waals surface area contributed by atoms with Crippen LogP contribution in [0.1, 0.15) is 420 Å². The van der Waals surface area contributed by atoms with E-state index in [2.05, 4.69) is 41.5 Å². The highest BCUT2D eigenvalue weighted by Crippen LogP contribution is 2.45. The van der Waals surface area contributed by atoms with E-state index in [0.29, 0.717) is 31.6 Å². The maximum atomic E-state index is 13.1. The Kier molecular flexibility index (Phi) is 70.3. The number of phosphoric ester groups is 2. The molecule has 0 spiro atoms. The molecule has 0 aromatic rings. The SMILES string of the molecule is CCCCCCCCCCCCCCCCCCCCC(=O)OC[C@H](COP(=O)(O)OC[C@@H](O)COP(=O)(O)OC[C@@H](COC(=O)CCCCCCCCCCC)OC(=O)CCCCCCCCCC(C)C)OC(=O)CCCCCCCCCCCCCCCCCCCCC(C)CC. The van der Waals surface area contributed by atoms with Crippen molar-refractivity contribution in [2.24, 2.45) is 11.8 Å². The zero-order valence-electron chi connectivity index (χ0n) is 64.8. The van der Waals surface area contributed by atoms with Crippen LogP contribution in [0.3, 0.4) is 0 Å². The van der Waals surface area contributed by atoms with Crippen LogP contribution in [0.25, 0.3) is 0 Å². The second kappa shape index (κ2) is 71.7. The largest absolute Gasteiger partial charge is 0.472 e. The summed E-state index contributed by atoms with van der Waals surface area (Å²) in [5.41, 5.74) is 0. The van der Waals surface area contributed by atoms with Gasteiger partial charge in [0.2, 0.25) is 0 Å². The highest BCUT2D eigenvalue weighted by atomic mass is 31.2. The monoisotopic (exact) mass is 1450 g/mol. The standard InChI is InChI=1S/C80H156O17P2/c1-7-10-12-14-16-18-19-20-21-22-26-29-32-35-39-45-51-57-63-78(83)91-68-75(96-79(84)64-58-52-46-40-36-33-30-27-24-23-25-28-31-34-38-43-49-55-61-73(6)9-3)70-94-98(86,87)92-66-74(81)67-93-99(88,89)95-71-76(69-90-77(82)62-56-50-44-37-17-15-13-11-8-2)97-80(85)65-59-53-47-41-42-48-54-60-72(4)5/h72-76,81H,7-71H2,1-6H3,(H,86,87)(H,88,89)/t73?,74-,75-,76-/m1/s1. The van der Waals surface area contributed by atoms with Crippen LogP contribution in [0.5, 0.6) is 0 Å². The number of carbonyl (C=O) groups excluding carboxylic acids is 4. The van der Waals surface area contributed by atoms with E-state index in [1.54, 1.807) is 0 Å². The number of hydrogen-bond acceptors (Lipinski definition) is 15. The Morgan fingerprint density at radius 3 is 0.768 bits per heavy atom. The molecule has 0 aliphatic heterocycles. The number of phosphoric acid groups is 2. The predicted molar refractivity (Wildman–Crippen MR) is 405 cm³/mol. The third-order valence-corrected chi connectivity index (χ3v) is 21.0. The van der Waals surface area contributed by atoms with Gasteiger partial charge in [-0.2, -0.15) is 0 Å². The van der Waals surface area contributed by atoms with E-state index in [0.717, 1.165) is 95.8 Å². The van der Waals surface area contributed by atoms with Crippen molar-refractivity contribution in [3.05, 3.63) is 0 Å². The molecule has 588 valence electrons. The molecule has 0 saturated heterocycles. The number of aliphatic hydroxyl groups is 1. The minimum atomic E-state index is -4.96. The predicted octanol–water partition coefficient (Wildman–Crippen LogP) is 23.9. The lowest BCUT2D eigenvalue weighted by molar-refractivity contribution is -0.161. The van der Waals surface area contributed by atoms with E-state index in [1.807, 2.05) is 0 Å². The number of rotatable bonds is 79. The van der Waals surface area contributed by atoms with Gasteiger partial charge in [0, 0.05) is 25.7 Å². The molecule has 0 amide bonds. The maximum Gasteiger partial charge on any atom is 0.472 e. The fourth-order valence-electron chi connectivity index (χ4n) is 12.3. The van der Waals surface area contributed by atoms with E-state index < -0.39 is 97.5 Å². The van der Waals surface area contributed by atoms with E-state index >= 15 is 0 Å². The number of carbonyl (C=O) groups is 4. The quantitative estimate of drug-likeness (QED) is 0.0222. The van der Waals surface area contributed by atoms with Crippen molar-refractivity contribution < 1.29 is 80.2 Å². The molecule has 0 aromatic heterocycles. The summed E-state index contributed by atoms with van der Waals surface area (Å²) in [5.74, 6) is -0.548. The van der Waals surface area contributed by atoms with Crippen LogP contribution < -0.4 is 0 Å². The van der Waals surface area contributed by atoms with E-state index in [4.69, 9.17) is 37.0 Å². The molecule has 0 saturated carbocycles. The van der Waals surface area contributed by atoms with Crippen molar-refractivity contribution in [3.8, 4) is 0 Å². The van der Waals surface area contributed by atoms with Gasteiger partial charge in [0.15, 0.2) is 12.2 Å². The molecule has 0 aromatic carbocycles. The lowest BCUT2D eigenvalue weighted by Crippen LogP contribution is -2.30. The molecule has 17 nitrogen and oxygen atoms in total. The topological polar surface area (TPSA) is 237 Å². The third kappa shape index (κ3) is 72.8. The van der Waals surface area contributed by atoms with Crippen molar-refractivity contribution in [3.63, 3.8) is 0 Å². The van der Waals surface area contributed by atoms with Crippen LogP contribution >= 0.6 is 15.6 Å². The summed E-state index contributed by atoms with van der Waals surface area (Å²) < 4.78 is 68.6. The molecule has 19 heteroatoms. The zero-order valence-corrected chi connectivity index (χ0v) is 66.6. The summed E-state index contributed by atoms with van der Waals surface area (Å²) in [4.78, 5) is 72.8. The van der Waals surface area contributed by atoms with E-state index in [9.17, 15) is 43.2 Å². The molecule has 6 atom stereocenters. The lowest BCUT2D eigenvalue weighted by Gasteiger charge is -2.21. The van der Waals surface area contributed by atoms with Gasteiger partial charge in [-0.05, 0) is 37.5 Å². The first-order chi connectivity index (χ1) is 47.9. The van der Waals surface area contributed by atoms with Crippen molar-refractivity contribution in [2.75, 3.05) is 39.6 Å². The van der Waals surface area contributed by atoms with Crippen molar-refractivity contribution in [2.45, 2.75) is 439 Å². The number of esters is 4. The Morgan fingerprint density at radius 1 is 0.293 bits per heavy atom. The summed E-state index contributed by atoms with van der Waals surface area (Å²) in [6.45, 7) is 9.61. The van der Waals surface area contributed by atoms with Crippen molar-refractivity contribution in [1.82, 2.24) is 0 Å². The summed E-state index contributed by atoms with van der Waals surface area (Å²) in [5, 5.41) is 10.6. The number of unbranched alkanes of at least 4 members (excludes halogenated alkanes) is 48. The molecule has 0 rings (SSSR count). The van der Waals surface area contributed by atoms with Gasteiger partial charge in [-0.15, -0.1) is 0 Å². The van der Waals surface area contributed by atoms with Gasteiger partial charge in [-0.3, -0.25) is 37.3 Å². The molecule has 0 heterocycles. The molecule has 0 aliphatic carbocycles. The summed E-state index contributed by atoms with van der Waals surface area (Å²) >= 11 is 0. The number of aliphatic hydroxyl groups excluding tert-OH is 1. The van der Waals surface area contributed by atoms with Gasteiger partial charge in [-0.1, -0.05) is 369 Å². The first-order valence-corrected chi connectivity index (χ1v) is 44.5. The minimum Gasteiger partial charge on any atom is -0.462 e. The molecule has 0 aliphatic rings. The third-order valence-electron chi connectivity index (χ3n) is 19.1. The zero-order chi connectivity index (χ0) is 72.8. The van der Waals surface area contributed by atoms with Gasteiger partial charge >= 0.3 is 39.5 Å². The Balaban J connectivity index is 5.17. The molecular weight excluding hydrogens is 1290 g/mol. The average Bonchev–Trinajstić information content (AvgIpc) is 0.962. The smallest absolute Gasteiger partial charge is 0.462 e. The Hall–Kier alpha value is -1.94. The van der Waals surface area contributed by atoms with Crippen molar-refractivity contribution >= 4 is 39.5 Å². The fourth-order valence-corrected chi connectivity index (χ4v) is 13.9.